The van der Waals surface area contributed by atoms with Crippen molar-refractivity contribution in [3.8, 4) is 0 Å². The molecule has 0 bridgehead atoms. The SMILES string of the molecule is C[C@H](N)c1cc(Br)ccn1. The number of rotatable bonds is 1. The molecule has 1 rings (SSSR count). The Morgan fingerprint density at radius 3 is 2.80 bits per heavy atom. The zero-order chi connectivity index (χ0) is 7.56. The Balaban J connectivity index is 2.96. The third-order valence-electron chi connectivity index (χ3n) is 1.21. The van der Waals surface area contributed by atoms with Crippen molar-refractivity contribution in [2.45, 2.75) is 13.0 Å². The normalized spacial score (nSPS) is 13.1. The molecule has 1 aromatic heterocycles. The molecule has 0 amide bonds. The first-order valence-electron chi connectivity index (χ1n) is 3.07. The van der Waals surface area contributed by atoms with E-state index in [0.717, 1.165) is 10.2 Å². The summed E-state index contributed by atoms with van der Waals surface area (Å²) in [6.45, 7) is 1.91. The van der Waals surface area contributed by atoms with E-state index in [1.807, 2.05) is 19.1 Å². The van der Waals surface area contributed by atoms with Gasteiger partial charge in [0.15, 0.2) is 0 Å². The van der Waals surface area contributed by atoms with E-state index in [1.54, 1.807) is 6.20 Å². The molecule has 3 heteroatoms. The molecule has 1 aromatic rings. The summed E-state index contributed by atoms with van der Waals surface area (Å²) in [5, 5.41) is 0. The maximum absolute atomic E-state index is 5.60. The summed E-state index contributed by atoms with van der Waals surface area (Å²) in [6.07, 6.45) is 1.74. The lowest BCUT2D eigenvalue weighted by molar-refractivity contribution is 0.780. The Labute approximate surface area is 68.6 Å². The molecule has 2 N–H and O–H groups in total. The van der Waals surface area contributed by atoms with Crippen molar-refractivity contribution in [1.82, 2.24) is 4.98 Å². The van der Waals surface area contributed by atoms with E-state index >= 15 is 0 Å². The molecule has 1 heterocycles. The van der Waals surface area contributed by atoms with Gasteiger partial charge in [-0.05, 0) is 19.1 Å². The van der Waals surface area contributed by atoms with Crippen LogP contribution < -0.4 is 5.73 Å². The highest BCUT2D eigenvalue weighted by Gasteiger charge is 1.98. The van der Waals surface area contributed by atoms with E-state index in [2.05, 4.69) is 20.9 Å². The monoisotopic (exact) mass is 200 g/mol. The molecule has 0 fully saturated rings. The molecule has 0 aliphatic heterocycles. The summed E-state index contributed by atoms with van der Waals surface area (Å²) in [4.78, 5) is 4.08. The van der Waals surface area contributed by atoms with Crippen molar-refractivity contribution in [3.63, 3.8) is 0 Å². The van der Waals surface area contributed by atoms with Crippen molar-refractivity contribution >= 4 is 15.9 Å². The highest BCUT2D eigenvalue weighted by molar-refractivity contribution is 9.10. The number of pyridine rings is 1. The van der Waals surface area contributed by atoms with Crippen LogP contribution in [0.5, 0.6) is 0 Å². The predicted octanol–water partition coefficient (Wildman–Crippen LogP) is 1.86. The maximum atomic E-state index is 5.60. The average molecular weight is 201 g/mol. The predicted molar refractivity (Wildman–Crippen MR) is 44.5 cm³/mol. The first-order valence-corrected chi connectivity index (χ1v) is 3.86. The van der Waals surface area contributed by atoms with Gasteiger partial charge in [0.1, 0.15) is 0 Å². The van der Waals surface area contributed by atoms with E-state index < -0.39 is 0 Å². The van der Waals surface area contributed by atoms with Crippen LogP contribution in [-0.4, -0.2) is 4.98 Å². The number of hydrogen-bond acceptors (Lipinski definition) is 2. The Bertz CT molecular complexity index is 223. The van der Waals surface area contributed by atoms with Gasteiger partial charge in [0.25, 0.3) is 0 Å². The zero-order valence-electron chi connectivity index (χ0n) is 5.71. The molecule has 0 aliphatic rings. The minimum Gasteiger partial charge on any atom is -0.323 e. The summed E-state index contributed by atoms with van der Waals surface area (Å²) in [6, 6.07) is 3.81. The second kappa shape index (κ2) is 3.12. The first kappa shape index (κ1) is 7.69. The number of halogens is 1. The lowest BCUT2D eigenvalue weighted by Crippen LogP contribution is -2.06. The molecule has 54 valence electrons. The topological polar surface area (TPSA) is 38.9 Å². The molecule has 0 aliphatic carbocycles. The van der Waals surface area contributed by atoms with Crippen LogP contribution in [0.4, 0.5) is 0 Å². The van der Waals surface area contributed by atoms with Crippen LogP contribution in [0.3, 0.4) is 0 Å². The van der Waals surface area contributed by atoms with Gasteiger partial charge in [-0.15, -0.1) is 0 Å². The van der Waals surface area contributed by atoms with Crippen LogP contribution in [0.15, 0.2) is 22.8 Å². The Morgan fingerprint density at radius 1 is 1.70 bits per heavy atom. The Morgan fingerprint density at radius 2 is 2.40 bits per heavy atom. The van der Waals surface area contributed by atoms with Gasteiger partial charge in [-0.25, -0.2) is 0 Å². The van der Waals surface area contributed by atoms with Crippen molar-refractivity contribution in [2.75, 3.05) is 0 Å². The molecular formula is C7H9BrN2. The molecule has 2 nitrogen and oxygen atoms in total. The zero-order valence-corrected chi connectivity index (χ0v) is 7.30. The first-order chi connectivity index (χ1) is 4.70. The molecule has 1 atom stereocenters. The van der Waals surface area contributed by atoms with Crippen molar-refractivity contribution in [2.24, 2.45) is 5.73 Å². The summed E-state index contributed by atoms with van der Waals surface area (Å²) < 4.78 is 1.02. The number of nitrogens with zero attached hydrogens (tertiary/aromatic N) is 1. The van der Waals surface area contributed by atoms with E-state index in [-0.39, 0.29) is 6.04 Å². The van der Waals surface area contributed by atoms with Gasteiger partial charge >= 0.3 is 0 Å². The molecule has 0 saturated heterocycles. The smallest absolute Gasteiger partial charge is 0.0579 e. The lowest BCUT2D eigenvalue weighted by atomic mass is 10.2. The van der Waals surface area contributed by atoms with Crippen LogP contribution in [-0.2, 0) is 0 Å². The Kier molecular flexibility index (Phi) is 2.40. The number of hydrogen-bond donors (Lipinski definition) is 1. The van der Waals surface area contributed by atoms with E-state index in [9.17, 15) is 0 Å². The average Bonchev–Trinajstić information content (AvgIpc) is 1.88. The van der Waals surface area contributed by atoms with Crippen molar-refractivity contribution < 1.29 is 0 Å². The van der Waals surface area contributed by atoms with E-state index in [0.29, 0.717) is 0 Å². The van der Waals surface area contributed by atoms with Gasteiger partial charge in [0.05, 0.1) is 5.69 Å². The van der Waals surface area contributed by atoms with Crippen LogP contribution in [0.25, 0.3) is 0 Å². The third kappa shape index (κ3) is 1.78. The van der Waals surface area contributed by atoms with Crippen LogP contribution in [0.1, 0.15) is 18.7 Å². The van der Waals surface area contributed by atoms with Crippen molar-refractivity contribution in [3.05, 3.63) is 28.5 Å². The summed E-state index contributed by atoms with van der Waals surface area (Å²) in [5.74, 6) is 0. The summed E-state index contributed by atoms with van der Waals surface area (Å²) in [5.41, 5.74) is 6.51. The van der Waals surface area contributed by atoms with Gasteiger partial charge in [-0.3, -0.25) is 4.98 Å². The van der Waals surface area contributed by atoms with Crippen LogP contribution >= 0.6 is 15.9 Å². The fourth-order valence-electron chi connectivity index (χ4n) is 0.670. The molecule has 0 aromatic carbocycles. The van der Waals surface area contributed by atoms with E-state index in [1.165, 1.54) is 0 Å². The van der Waals surface area contributed by atoms with Gasteiger partial charge in [0, 0.05) is 16.7 Å². The maximum Gasteiger partial charge on any atom is 0.0579 e. The van der Waals surface area contributed by atoms with Crippen LogP contribution in [0, 0.1) is 0 Å². The standard InChI is InChI=1S/C7H9BrN2/c1-5(9)7-4-6(8)2-3-10-7/h2-5H,9H2,1H3/t5-/m0/s1. The summed E-state index contributed by atoms with van der Waals surface area (Å²) >= 11 is 3.33. The molecule has 0 spiro atoms. The highest BCUT2D eigenvalue weighted by atomic mass is 79.9. The molecule has 10 heavy (non-hydrogen) atoms. The lowest BCUT2D eigenvalue weighted by Gasteiger charge is -2.02. The van der Waals surface area contributed by atoms with Crippen molar-refractivity contribution in [1.29, 1.82) is 0 Å². The largest absolute Gasteiger partial charge is 0.323 e. The van der Waals surface area contributed by atoms with Gasteiger partial charge < -0.3 is 5.73 Å². The quantitative estimate of drug-likeness (QED) is 0.753. The second-order valence-electron chi connectivity index (χ2n) is 2.19. The number of aromatic nitrogens is 1. The molecule has 0 radical (unpaired) electrons. The van der Waals surface area contributed by atoms with Gasteiger partial charge in [0.2, 0.25) is 0 Å². The molecule has 0 saturated carbocycles. The molecule has 0 unspecified atom stereocenters. The number of nitrogens with two attached hydrogens (primary N) is 1. The molecular weight excluding hydrogens is 192 g/mol. The minimum absolute atomic E-state index is 0.0116. The summed E-state index contributed by atoms with van der Waals surface area (Å²) in [7, 11) is 0. The van der Waals surface area contributed by atoms with Gasteiger partial charge in [-0.1, -0.05) is 15.9 Å². The highest BCUT2D eigenvalue weighted by Crippen LogP contribution is 2.12. The van der Waals surface area contributed by atoms with E-state index in [4.69, 9.17) is 5.73 Å². The second-order valence-corrected chi connectivity index (χ2v) is 3.10. The fourth-order valence-corrected chi connectivity index (χ4v) is 1.02. The van der Waals surface area contributed by atoms with Gasteiger partial charge in [-0.2, -0.15) is 0 Å². The minimum atomic E-state index is 0.0116. The third-order valence-corrected chi connectivity index (χ3v) is 1.70. The van der Waals surface area contributed by atoms with Crippen LogP contribution in [0.2, 0.25) is 0 Å². The Hall–Kier alpha value is -0.410. The fraction of sp³-hybridized carbons (Fsp3) is 0.286.